The molecule has 0 amide bonds. The fourth-order valence-corrected chi connectivity index (χ4v) is 1.55. The van der Waals surface area contributed by atoms with Gasteiger partial charge in [0.15, 0.2) is 11.4 Å². The Morgan fingerprint density at radius 3 is 3.00 bits per heavy atom. The fraction of sp³-hybridized carbons (Fsp3) is 0.125. The van der Waals surface area contributed by atoms with Crippen molar-refractivity contribution < 1.29 is 4.79 Å². The molecule has 0 fully saturated rings. The lowest BCUT2D eigenvalue weighted by molar-refractivity contribution is 0.101. The molecule has 4 nitrogen and oxygen atoms in total. The van der Waals surface area contributed by atoms with Crippen molar-refractivity contribution in [2.75, 3.05) is 0 Å². The second-order valence-corrected chi connectivity index (χ2v) is 3.49. The predicted molar refractivity (Wildman–Crippen MR) is 50.7 cm³/mol. The molecule has 0 saturated heterocycles. The molecule has 66 valence electrons. The molecule has 0 N–H and O–H groups in total. The van der Waals surface area contributed by atoms with Gasteiger partial charge in [0, 0.05) is 13.1 Å². The maximum atomic E-state index is 11.1. The number of Topliss-reactive ketones (excluding diaryl/α,β-unsaturated/α-hetero) is 1. The number of imidazole rings is 1. The van der Waals surface area contributed by atoms with E-state index in [1.165, 1.54) is 6.92 Å². The first-order valence-electron chi connectivity index (χ1n) is 3.67. The summed E-state index contributed by atoms with van der Waals surface area (Å²) in [5.41, 5.74) is 1.25. The van der Waals surface area contributed by atoms with Crippen LogP contribution in [0.1, 0.15) is 17.4 Å². The summed E-state index contributed by atoms with van der Waals surface area (Å²) in [6, 6.07) is 0. The van der Waals surface area contributed by atoms with Crippen LogP contribution in [0.2, 0.25) is 0 Å². The molecule has 2 aromatic rings. The zero-order chi connectivity index (χ0) is 9.42. The van der Waals surface area contributed by atoms with Gasteiger partial charge in [0.05, 0.1) is 10.7 Å². The second-order valence-electron chi connectivity index (χ2n) is 2.63. The first-order chi connectivity index (χ1) is 6.20. The van der Waals surface area contributed by atoms with Crippen molar-refractivity contribution >= 4 is 27.4 Å². The van der Waals surface area contributed by atoms with Crippen molar-refractivity contribution in [2.45, 2.75) is 6.92 Å². The van der Waals surface area contributed by atoms with Gasteiger partial charge in [-0.1, -0.05) is 0 Å². The van der Waals surface area contributed by atoms with E-state index in [0.29, 0.717) is 11.3 Å². The zero-order valence-electron chi connectivity index (χ0n) is 6.86. The normalized spacial score (nSPS) is 10.6. The van der Waals surface area contributed by atoms with Gasteiger partial charge in [-0.15, -0.1) is 0 Å². The molecule has 0 aliphatic heterocycles. The standard InChI is InChI=1S/C8H6BrN3O/c1-5(13)7-3-11-8-6(9)2-10-4-12(7)8/h2-4H,1H3. The third-order valence-corrected chi connectivity index (χ3v) is 2.30. The lowest BCUT2D eigenvalue weighted by Crippen LogP contribution is -1.98. The van der Waals surface area contributed by atoms with Crippen molar-refractivity contribution in [2.24, 2.45) is 0 Å². The molecule has 0 unspecified atom stereocenters. The maximum Gasteiger partial charge on any atom is 0.178 e. The van der Waals surface area contributed by atoms with Gasteiger partial charge in [0.2, 0.25) is 0 Å². The van der Waals surface area contributed by atoms with E-state index < -0.39 is 0 Å². The Bertz CT molecular complexity index is 477. The van der Waals surface area contributed by atoms with Crippen LogP contribution in [-0.4, -0.2) is 20.2 Å². The largest absolute Gasteiger partial charge is 0.293 e. The van der Waals surface area contributed by atoms with Crippen molar-refractivity contribution in [3.63, 3.8) is 0 Å². The Morgan fingerprint density at radius 2 is 2.31 bits per heavy atom. The molecule has 5 heteroatoms. The number of carbonyl (C=O) groups excluding carboxylic acids is 1. The highest BCUT2D eigenvalue weighted by atomic mass is 79.9. The summed E-state index contributed by atoms with van der Waals surface area (Å²) in [4.78, 5) is 19.2. The molecular formula is C8H6BrN3O. The summed E-state index contributed by atoms with van der Waals surface area (Å²) in [6.07, 6.45) is 4.76. The highest BCUT2D eigenvalue weighted by Crippen LogP contribution is 2.16. The van der Waals surface area contributed by atoms with Gasteiger partial charge in [0.1, 0.15) is 12.0 Å². The van der Waals surface area contributed by atoms with E-state index in [2.05, 4.69) is 25.9 Å². The SMILES string of the molecule is CC(=O)c1cnc2c(Br)cncn12. The number of fused-ring (bicyclic) bond motifs is 1. The average Bonchev–Trinajstić information content (AvgIpc) is 2.48. The van der Waals surface area contributed by atoms with E-state index in [1.807, 2.05) is 0 Å². The van der Waals surface area contributed by atoms with Crippen molar-refractivity contribution in [1.29, 1.82) is 0 Å². The predicted octanol–water partition coefficient (Wildman–Crippen LogP) is 1.69. The Balaban J connectivity index is 2.83. The number of hydrogen-bond acceptors (Lipinski definition) is 3. The number of ketones is 1. The van der Waals surface area contributed by atoms with Crippen LogP contribution < -0.4 is 0 Å². The molecule has 0 radical (unpaired) electrons. The molecule has 13 heavy (non-hydrogen) atoms. The van der Waals surface area contributed by atoms with Gasteiger partial charge in [-0.3, -0.25) is 9.20 Å². The van der Waals surface area contributed by atoms with Crippen LogP contribution in [0.3, 0.4) is 0 Å². The minimum atomic E-state index is -0.0209. The van der Waals surface area contributed by atoms with Crippen molar-refractivity contribution in [3.05, 3.63) is 28.9 Å². The number of hydrogen-bond donors (Lipinski definition) is 0. The van der Waals surface area contributed by atoms with Crippen LogP contribution in [0.15, 0.2) is 23.2 Å². The zero-order valence-corrected chi connectivity index (χ0v) is 8.45. The lowest BCUT2D eigenvalue weighted by Gasteiger charge is -1.96. The molecule has 0 atom stereocenters. The Hall–Kier alpha value is -1.23. The highest BCUT2D eigenvalue weighted by Gasteiger charge is 2.08. The first kappa shape index (κ1) is 8.37. The van der Waals surface area contributed by atoms with Gasteiger partial charge in [-0.05, 0) is 15.9 Å². The quantitative estimate of drug-likeness (QED) is 0.712. The van der Waals surface area contributed by atoms with Crippen molar-refractivity contribution in [1.82, 2.24) is 14.4 Å². The third-order valence-electron chi connectivity index (χ3n) is 1.74. The number of nitrogens with zero attached hydrogens (tertiary/aromatic N) is 3. The van der Waals surface area contributed by atoms with Gasteiger partial charge < -0.3 is 0 Å². The molecule has 0 aliphatic rings. The Morgan fingerprint density at radius 1 is 1.54 bits per heavy atom. The van der Waals surface area contributed by atoms with Crippen LogP contribution in [0.25, 0.3) is 5.65 Å². The molecular weight excluding hydrogens is 234 g/mol. The minimum Gasteiger partial charge on any atom is -0.293 e. The van der Waals surface area contributed by atoms with E-state index in [-0.39, 0.29) is 5.78 Å². The van der Waals surface area contributed by atoms with Gasteiger partial charge in [0.25, 0.3) is 0 Å². The van der Waals surface area contributed by atoms with Gasteiger partial charge >= 0.3 is 0 Å². The van der Waals surface area contributed by atoms with E-state index in [9.17, 15) is 4.79 Å². The Kier molecular flexibility index (Phi) is 1.88. The van der Waals surface area contributed by atoms with Crippen LogP contribution in [-0.2, 0) is 0 Å². The summed E-state index contributed by atoms with van der Waals surface area (Å²) >= 11 is 3.30. The molecule has 2 aromatic heterocycles. The van der Waals surface area contributed by atoms with Crippen LogP contribution in [0.4, 0.5) is 0 Å². The number of carbonyl (C=O) groups is 1. The number of aromatic nitrogens is 3. The highest BCUT2D eigenvalue weighted by molar-refractivity contribution is 9.10. The summed E-state index contributed by atoms with van der Waals surface area (Å²) < 4.78 is 2.44. The fourth-order valence-electron chi connectivity index (χ4n) is 1.14. The molecule has 0 saturated carbocycles. The maximum absolute atomic E-state index is 11.1. The van der Waals surface area contributed by atoms with E-state index in [1.54, 1.807) is 23.1 Å². The Labute approximate surface area is 82.7 Å². The molecule has 0 aromatic carbocycles. The topological polar surface area (TPSA) is 47.3 Å². The van der Waals surface area contributed by atoms with E-state index in [4.69, 9.17) is 0 Å². The van der Waals surface area contributed by atoms with Crippen LogP contribution in [0.5, 0.6) is 0 Å². The summed E-state index contributed by atoms with van der Waals surface area (Å²) in [6.45, 7) is 1.50. The van der Waals surface area contributed by atoms with E-state index in [0.717, 1.165) is 4.47 Å². The third kappa shape index (κ3) is 1.25. The molecule has 2 rings (SSSR count). The molecule has 0 bridgehead atoms. The van der Waals surface area contributed by atoms with Crippen LogP contribution in [0, 0.1) is 0 Å². The van der Waals surface area contributed by atoms with Gasteiger partial charge in [-0.2, -0.15) is 0 Å². The number of rotatable bonds is 1. The monoisotopic (exact) mass is 239 g/mol. The van der Waals surface area contributed by atoms with E-state index >= 15 is 0 Å². The minimum absolute atomic E-state index is 0.0209. The number of halogens is 1. The van der Waals surface area contributed by atoms with Gasteiger partial charge in [-0.25, -0.2) is 9.97 Å². The molecule has 0 spiro atoms. The summed E-state index contributed by atoms with van der Waals surface area (Å²) in [7, 11) is 0. The molecule has 2 heterocycles. The molecule has 0 aliphatic carbocycles. The van der Waals surface area contributed by atoms with Crippen LogP contribution >= 0.6 is 15.9 Å². The van der Waals surface area contributed by atoms with Crippen molar-refractivity contribution in [3.8, 4) is 0 Å². The summed E-state index contributed by atoms with van der Waals surface area (Å²) in [5, 5.41) is 0. The smallest absolute Gasteiger partial charge is 0.178 e. The lowest BCUT2D eigenvalue weighted by atomic mass is 10.3. The first-order valence-corrected chi connectivity index (χ1v) is 4.47. The average molecular weight is 240 g/mol. The second kappa shape index (κ2) is 2.92. The summed E-state index contributed by atoms with van der Waals surface area (Å²) in [5.74, 6) is -0.0209.